The number of aliphatic carboxylic acids is 1. The van der Waals surface area contributed by atoms with Crippen molar-refractivity contribution in [3.63, 3.8) is 0 Å². The number of anilines is 1. The van der Waals surface area contributed by atoms with E-state index in [0.717, 1.165) is 0 Å². The van der Waals surface area contributed by atoms with E-state index < -0.39 is 11.4 Å². The van der Waals surface area contributed by atoms with Crippen molar-refractivity contribution < 1.29 is 19.4 Å². The third-order valence-electron chi connectivity index (χ3n) is 2.60. The van der Waals surface area contributed by atoms with Crippen LogP contribution in [0, 0.1) is 5.41 Å². The first-order valence-corrected chi connectivity index (χ1v) is 6.43. The van der Waals surface area contributed by atoms with Gasteiger partial charge in [0.25, 0.3) is 0 Å². The lowest BCUT2D eigenvalue weighted by atomic mass is 9.85. The smallest absolute Gasteiger partial charge is 0.303 e. The van der Waals surface area contributed by atoms with Gasteiger partial charge in [-0.2, -0.15) is 0 Å². The van der Waals surface area contributed by atoms with E-state index in [0.29, 0.717) is 18.2 Å². The maximum absolute atomic E-state index is 12.0. The van der Waals surface area contributed by atoms with Crippen LogP contribution in [0.15, 0.2) is 18.3 Å². The maximum Gasteiger partial charge on any atom is 0.303 e. The number of aromatic nitrogens is 1. The minimum atomic E-state index is -0.917. The second-order valence-corrected chi connectivity index (χ2v) is 5.25. The van der Waals surface area contributed by atoms with Crippen LogP contribution in [-0.2, 0) is 9.59 Å². The summed E-state index contributed by atoms with van der Waals surface area (Å²) >= 11 is 0. The van der Waals surface area contributed by atoms with Crippen LogP contribution in [0.3, 0.4) is 0 Å². The van der Waals surface area contributed by atoms with Crippen molar-refractivity contribution in [1.82, 2.24) is 4.98 Å². The van der Waals surface area contributed by atoms with Gasteiger partial charge in [0.05, 0.1) is 13.0 Å². The Balaban J connectivity index is 2.69. The molecule has 1 aromatic heterocycles. The quantitative estimate of drug-likeness (QED) is 0.800. The van der Waals surface area contributed by atoms with Gasteiger partial charge >= 0.3 is 5.97 Å². The van der Waals surface area contributed by atoms with E-state index in [4.69, 9.17) is 9.84 Å². The van der Waals surface area contributed by atoms with Crippen LogP contribution in [0.1, 0.15) is 33.6 Å². The molecule has 0 aliphatic carbocycles. The third kappa shape index (κ3) is 5.26. The zero-order valence-electron chi connectivity index (χ0n) is 12.0. The molecule has 1 amide bonds. The summed E-state index contributed by atoms with van der Waals surface area (Å²) in [5.41, 5.74) is -0.116. The topological polar surface area (TPSA) is 88.5 Å². The van der Waals surface area contributed by atoms with Crippen LogP contribution in [0.4, 0.5) is 5.69 Å². The molecule has 20 heavy (non-hydrogen) atoms. The number of carbonyl (C=O) groups excluding carboxylic acids is 1. The number of nitrogens with one attached hydrogen (secondary N) is 1. The number of amides is 1. The van der Waals surface area contributed by atoms with E-state index in [1.54, 1.807) is 32.2 Å². The number of hydrogen-bond donors (Lipinski definition) is 2. The minimum absolute atomic E-state index is 0.0637. The summed E-state index contributed by atoms with van der Waals surface area (Å²) in [6.07, 6.45) is 1.63. The van der Waals surface area contributed by atoms with Gasteiger partial charge in [0.1, 0.15) is 5.69 Å². The summed E-state index contributed by atoms with van der Waals surface area (Å²) in [5, 5.41) is 11.5. The van der Waals surface area contributed by atoms with Gasteiger partial charge in [0.15, 0.2) is 0 Å². The average molecular weight is 280 g/mol. The minimum Gasteiger partial charge on any atom is -0.481 e. The number of ether oxygens (including phenoxy) is 1. The van der Waals surface area contributed by atoms with Crippen molar-refractivity contribution in [2.45, 2.75) is 33.6 Å². The van der Waals surface area contributed by atoms with E-state index >= 15 is 0 Å². The van der Waals surface area contributed by atoms with Gasteiger partial charge in [0.2, 0.25) is 11.8 Å². The van der Waals surface area contributed by atoms with Gasteiger partial charge in [-0.15, -0.1) is 0 Å². The second-order valence-electron chi connectivity index (χ2n) is 5.25. The fourth-order valence-corrected chi connectivity index (χ4v) is 1.84. The van der Waals surface area contributed by atoms with Crippen LogP contribution in [0.25, 0.3) is 0 Å². The lowest BCUT2D eigenvalue weighted by molar-refractivity contribution is -0.139. The Hall–Kier alpha value is -2.11. The van der Waals surface area contributed by atoms with Crippen molar-refractivity contribution in [2.24, 2.45) is 5.41 Å². The summed E-state index contributed by atoms with van der Waals surface area (Å²) in [4.78, 5) is 26.7. The Morgan fingerprint density at radius 3 is 2.70 bits per heavy atom. The molecule has 1 aromatic rings. The highest BCUT2D eigenvalue weighted by Gasteiger charge is 2.25. The monoisotopic (exact) mass is 280 g/mol. The Labute approximate surface area is 118 Å². The molecular formula is C14H20N2O4. The SMILES string of the molecule is CCOc1ncccc1NC(=O)CC(C)(C)CC(=O)O. The Morgan fingerprint density at radius 2 is 2.10 bits per heavy atom. The summed E-state index contributed by atoms with van der Waals surface area (Å²) in [5.74, 6) is -0.816. The van der Waals surface area contributed by atoms with Crippen LogP contribution in [-0.4, -0.2) is 28.6 Å². The lowest BCUT2D eigenvalue weighted by Gasteiger charge is -2.21. The molecule has 110 valence electrons. The number of hydrogen-bond acceptors (Lipinski definition) is 4. The fraction of sp³-hybridized carbons (Fsp3) is 0.500. The normalized spacial score (nSPS) is 10.9. The molecule has 0 atom stereocenters. The lowest BCUT2D eigenvalue weighted by Crippen LogP contribution is -2.25. The molecule has 1 rings (SSSR count). The van der Waals surface area contributed by atoms with Crippen molar-refractivity contribution in [3.05, 3.63) is 18.3 Å². The molecule has 0 spiro atoms. The zero-order chi connectivity index (χ0) is 15.2. The van der Waals surface area contributed by atoms with Crippen molar-refractivity contribution in [2.75, 3.05) is 11.9 Å². The Bertz CT molecular complexity index is 486. The summed E-state index contributed by atoms with van der Waals surface area (Å²) in [6.45, 7) is 5.77. The maximum atomic E-state index is 12.0. The number of pyridine rings is 1. The molecule has 0 unspecified atom stereocenters. The molecule has 0 radical (unpaired) electrons. The number of carbonyl (C=O) groups is 2. The van der Waals surface area contributed by atoms with Crippen molar-refractivity contribution in [3.8, 4) is 5.88 Å². The van der Waals surface area contributed by atoms with Gasteiger partial charge in [-0.3, -0.25) is 9.59 Å². The molecule has 0 aromatic carbocycles. The molecule has 0 bridgehead atoms. The van der Waals surface area contributed by atoms with Gasteiger partial charge in [-0.05, 0) is 24.5 Å². The molecule has 2 N–H and O–H groups in total. The van der Waals surface area contributed by atoms with E-state index in [1.807, 2.05) is 6.92 Å². The number of carboxylic acid groups (broad SMARTS) is 1. The van der Waals surface area contributed by atoms with E-state index in [2.05, 4.69) is 10.3 Å². The predicted molar refractivity (Wildman–Crippen MR) is 74.7 cm³/mol. The van der Waals surface area contributed by atoms with Crippen LogP contribution >= 0.6 is 0 Å². The summed E-state index contributed by atoms with van der Waals surface area (Å²) in [6, 6.07) is 3.39. The first-order valence-electron chi connectivity index (χ1n) is 6.43. The molecule has 6 nitrogen and oxygen atoms in total. The first-order chi connectivity index (χ1) is 9.34. The van der Waals surface area contributed by atoms with Crippen LogP contribution in [0.2, 0.25) is 0 Å². The summed E-state index contributed by atoms with van der Waals surface area (Å²) in [7, 11) is 0. The van der Waals surface area contributed by atoms with Gasteiger partial charge in [-0.1, -0.05) is 13.8 Å². The predicted octanol–water partition coefficient (Wildman–Crippen LogP) is 2.31. The Morgan fingerprint density at radius 1 is 1.40 bits per heavy atom. The highest BCUT2D eigenvalue weighted by atomic mass is 16.5. The molecule has 0 aliphatic rings. The van der Waals surface area contributed by atoms with E-state index in [9.17, 15) is 9.59 Å². The number of nitrogens with zero attached hydrogens (tertiary/aromatic N) is 1. The average Bonchev–Trinajstić information content (AvgIpc) is 2.29. The highest BCUT2D eigenvalue weighted by Crippen LogP contribution is 2.27. The first kappa shape index (κ1) is 15.9. The number of rotatable bonds is 7. The largest absolute Gasteiger partial charge is 0.481 e. The molecule has 0 fully saturated rings. The highest BCUT2D eigenvalue weighted by molar-refractivity contribution is 5.92. The Kier molecular flexibility index (Phi) is 5.49. The van der Waals surface area contributed by atoms with Crippen molar-refractivity contribution >= 4 is 17.6 Å². The molecule has 1 heterocycles. The molecule has 0 saturated heterocycles. The third-order valence-corrected chi connectivity index (χ3v) is 2.60. The van der Waals surface area contributed by atoms with Crippen LogP contribution in [0.5, 0.6) is 5.88 Å². The van der Waals surface area contributed by atoms with E-state index in [1.165, 1.54) is 0 Å². The van der Waals surface area contributed by atoms with Gasteiger partial charge in [-0.25, -0.2) is 4.98 Å². The van der Waals surface area contributed by atoms with Gasteiger partial charge in [0, 0.05) is 12.6 Å². The van der Waals surface area contributed by atoms with Gasteiger partial charge < -0.3 is 15.2 Å². The second kappa shape index (κ2) is 6.88. The van der Waals surface area contributed by atoms with Crippen LogP contribution < -0.4 is 10.1 Å². The fourth-order valence-electron chi connectivity index (χ4n) is 1.84. The number of carboxylic acids is 1. The molecule has 6 heteroatoms. The van der Waals surface area contributed by atoms with E-state index in [-0.39, 0.29) is 18.7 Å². The van der Waals surface area contributed by atoms with Crippen molar-refractivity contribution in [1.29, 1.82) is 0 Å². The molecular weight excluding hydrogens is 260 g/mol. The molecule has 0 saturated carbocycles. The zero-order valence-corrected chi connectivity index (χ0v) is 12.0. The standard InChI is InChI=1S/C14H20N2O4/c1-4-20-13-10(6-5-7-15-13)16-11(17)8-14(2,3)9-12(18)19/h5-7H,4,8-9H2,1-3H3,(H,16,17)(H,18,19). The molecule has 0 aliphatic heterocycles. The summed E-state index contributed by atoms with van der Waals surface area (Å²) < 4.78 is 5.31.